The van der Waals surface area contributed by atoms with Gasteiger partial charge >= 0.3 is 5.97 Å². The van der Waals surface area contributed by atoms with Gasteiger partial charge in [0.15, 0.2) is 18.1 Å². The molecule has 4 aromatic rings. The second-order valence-corrected chi connectivity index (χ2v) is 8.17. The molecule has 9 heteroatoms. The van der Waals surface area contributed by atoms with E-state index in [4.69, 9.17) is 25.8 Å². The van der Waals surface area contributed by atoms with Gasteiger partial charge in [-0.2, -0.15) is 0 Å². The summed E-state index contributed by atoms with van der Waals surface area (Å²) in [5.74, 6) is 0.276. The van der Waals surface area contributed by atoms with E-state index in [0.717, 1.165) is 10.4 Å². The number of nitrogens with zero attached hydrogens (tertiary/aromatic N) is 2. The van der Waals surface area contributed by atoms with Gasteiger partial charge in [0.2, 0.25) is 0 Å². The lowest BCUT2D eigenvalue weighted by molar-refractivity contribution is -0.145. The first kappa shape index (κ1) is 21.9. The minimum Gasteiger partial charge on any atom is -0.493 e. The van der Waals surface area contributed by atoms with Gasteiger partial charge < -0.3 is 14.2 Å². The molecule has 0 N–H and O–H groups in total. The van der Waals surface area contributed by atoms with E-state index in [2.05, 4.69) is 4.98 Å². The number of carbonyl (C=O) groups excluding carboxylic acids is 1. The predicted octanol–water partition coefficient (Wildman–Crippen LogP) is 4.72. The highest BCUT2D eigenvalue weighted by Gasteiger charge is 2.14. The van der Waals surface area contributed by atoms with Crippen LogP contribution in [0, 0.1) is 0 Å². The number of hydrogen-bond donors (Lipinski definition) is 0. The predicted molar refractivity (Wildman–Crippen MR) is 124 cm³/mol. The van der Waals surface area contributed by atoms with Gasteiger partial charge in [0, 0.05) is 16.0 Å². The van der Waals surface area contributed by atoms with Gasteiger partial charge in [-0.1, -0.05) is 23.7 Å². The lowest BCUT2D eigenvalue weighted by atomic mass is 10.2. The van der Waals surface area contributed by atoms with E-state index in [9.17, 15) is 9.59 Å². The molecule has 4 rings (SSSR count). The zero-order chi connectivity index (χ0) is 22.7. The molecule has 2 aromatic heterocycles. The SMILES string of the molecule is CCOC(=O)COc1ccc(-n2cnc3cc(-c4ccc(Cl)cc4)sc3c2=O)cc1OC. The summed E-state index contributed by atoms with van der Waals surface area (Å²) in [4.78, 5) is 30.1. The van der Waals surface area contributed by atoms with Crippen molar-refractivity contribution in [2.75, 3.05) is 20.3 Å². The second-order valence-electron chi connectivity index (χ2n) is 6.68. The highest BCUT2D eigenvalue weighted by molar-refractivity contribution is 7.22. The van der Waals surface area contributed by atoms with Crippen LogP contribution in [-0.4, -0.2) is 35.8 Å². The van der Waals surface area contributed by atoms with E-state index in [0.29, 0.717) is 32.4 Å². The summed E-state index contributed by atoms with van der Waals surface area (Å²) in [7, 11) is 1.48. The summed E-state index contributed by atoms with van der Waals surface area (Å²) in [5.41, 5.74) is 1.96. The number of fused-ring (bicyclic) bond motifs is 1. The number of rotatable bonds is 7. The molecule has 0 saturated heterocycles. The number of aromatic nitrogens is 2. The van der Waals surface area contributed by atoms with E-state index >= 15 is 0 Å². The summed E-state index contributed by atoms with van der Waals surface area (Å²) < 4.78 is 17.7. The molecule has 2 aromatic carbocycles. The van der Waals surface area contributed by atoms with Crippen molar-refractivity contribution in [3.63, 3.8) is 0 Å². The van der Waals surface area contributed by atoms with Crippen molar-refractivity contribution in [2.24, 2.45) is 0 Å². The van der Waals surface area contributed by atoms with Gasteiger partial charge in [-0.15, -0.1) is 11.3 Å². The molecule has 7 nitrogen and oxygen atoms in total. The second kappa shape index (κ2) is 9.42. The Morgan fingerprint density at radius 1 is 1.12 bits per heavy atom. The number of carbonyl (C=O) groups is 1. The molecular formula is C23H19ClN2O5S. The molecule has 0 unspecified atom stereocenters. The van der Waals surface area contributed by atoms with Gasteiger partial charge in [-0.05, 0) is 42.8 Å². The summed E-state index contributed by atoms with van der Waals surface area (Å²) in [6.45, 7) is 1.76. The minimum absolute atomic E-state index is 0.192. The summed E-state index contributed by atoms with van der Waals surface area (Å²) >= 11 is 7.35. The van der Waals surface area contributed by atoms with Crippen molar-refractivity contribution in [1.82, 2.24) is 9.55 Å². The number of ether oxygens (including phenoxy) is 3. The third kappa shape index (κ3) is 4.46. The van der Waals surface area contributed by atoms with Crippen LogP contribution in [0.4, 0.5) is 0 Å². The standard InChI is InChI=1S/C23H19ClN2O5S/c1-3-30-21(27)12-31-18-9-8-16(10-19(18)29-2)26-13-25-17-11-20(32-22(17)23(26)28)14-4-6-15(24)7-5-14/h4-11,13H,3,12H2,1-2H3. The highest BCUT2D eigenvalue weighted by Crippen LogP contribution is 2.32. The number of halogens is 1. The van der Waals surface area contributed by atoms with Crippen molar-refractivity contribution in [3.05, 3.63) is 70.2 Å². The fourth-order valence-corrected chi connectivity index (χ4v) is 4.29. The van der Waals surface area contributed by atoms with Gasteiger partial charge in [0.1, 0.15) is 11.0 Å². The molecule has 164 valence electrons. The van der Waals surface area contributed by atoms with E-state index < -0.39 is 5.97 Å². The Morgan fingerprint density at radius 2 is 1.91 bits per heavy atom. The maximum absolute atomic E-state index is 13.2. The molecule has 0 aliphatic rings. The molecule has 0 fully saturated rings. The zero-order valence-electron chi connectivity index (χ0n) is 17.3. The Bertz CT molecular complexity index is 1330. The maximum atomic E-state index is 13.2. The molecule has 0 spiro atoms. The number of benzene rings is 2. The summed E-state index contributed by atoms with van der Waals surface area (Å²) in [6.07, 6.45) is 1.48. The van der Waals surface area contributed by atoms with Crippen molar-refractivity contribution in [1.29, 1.82) is 0 Å². The van der Waals surface area contributed by atoms with Gasteiger partial charge in [-0.25, -0.2) is 9.78 Å². The average molecular weight is 471 g/mol. The quantitative estimate of drug-likeness (QED) is 0.364. The van der Waals surface area contributed by atoms with Crippen LogP contribution in [-0.2, 0) is 9.53 Å². The van der Waals surface area contributed by atoms with Crippen LogP contribution in [0.25, 0.3) is 26.3 Å². The van der Waals surface area contributed by atoms with Crippen molar-refractivity contribution >= 4 is 39.1 Å². The van der Waals surface area contributed by atoms with E-state index in [1.807, 2.05) is 30.3 Å². The molecule has 0 saturated carbocycles. The topological polar surface area (TPSA) is 79.7 Å². The smallest absolute Gasteiger partial charge is 0.344 e. The van der Waals surface area contributed by atoms with Gasteiger partial charge in [0.05, 0.1) is 24.9 Å². The van der Waals surface area contributed by atoms with Crippen molar-refractivity contribution < 1.29 is 19.0 Å². The third-order valence-corrected chi connectivity index (χ3v) is 6.06. The highest BCUT2D eigenvalue weighted by atomic mass is 35.5. The third-order valence-electron chi connectivity index (χ3n) is 4.64. The first-order valence-electron chi connectivity index (χ1n) is 9.74. The van der Waals surface area contributed by atoms with Crippen LogP contribution in [0.15, 0.2) is 59.7 Å². The van der Waals surface area contributed by atoms with Crippen LogP contribution < -0.4 is 15.0 Å². The fraction of sp³-hybridized carbons (Fsp3) is 0.174. The van der Waals surface area contributed by atoms with Crippen LogP contribution in [0.2, 0.25) is 5.02 Å². The Balaban J connectivity index is 1.67. The fourth-order valence-electron chi connectivity index (χ4n) is 3.12. The normalized spacial score (nSPS) is 10.8. The van der Waals surface area contributed by atoms with Crippen LogP contribution in [0.5, 0.6) is 11.5 Å². The molecule has 0 bridgehead atoms. The minimum atomic E-state index is -0.473. The Morgan fingerprint density at radius 3 is 2.62 bits per heavy atom. The van der Waals surface area contributed by atoms with Crippen molar-refractivity contribution in [3.8, 4) is 27.6 Å². The number of methoxy groups -OCH3 is 1. The molecule has 0 atom stereocenters. The molecule has 32 heavy (non-hydrogen) atoms. The molecular weight excluding hydrogens is 452 g/mol. The lowest BCUT2D eigenvalue weighted by Crippen LogP contribution is -2.18. The Labute approximate surface area is 192 Å². The number of thiophene rings is 1. The zero-order valence-corrected chi connectivity index (χ0v) is 18.9. The van der Waals surface area contributed by atoms with Crippen LogP contribution >= 0.6 is 22.9 Å². The number of esters is 1. The average Bonchev–Trinajstić information content (AvgIpc) is 3.24. The molecule has 0 aliphatic heterocycles. The van der Waals surface area contributed by atoms with E-state index in [-0.39, 0.29) is 18.8 Å². The molecule has 0 radical (unpaired) electrons. The van der Waals surface area contributed by atoms with E-state index in [1.54, 1.807) is 25.1 Å². The van der Waals surface area contributed by atoms with Gasteiger partial charge in [-0.3, -0.25) is 9.36 Å². The van der Waals surface area contributed by atoms with Crippen LogP contribution in [0.1, 0.15) is 6.92 Å². The van der Waals surface area contributed by atoms with Crippen molar-refractivity contribution in [2.45, 2.75) is 6.92 Å². The summed E-state index contributed by atoms with van der Waals surface area (Å²) in [6, 6.07) is 14.3. The first-order valence-corrected chi connectivity index (χ1v) is 10.9. The van der Waals surface area contributed by atoms with E-state index in [1.165, 1.54) is 29.3 Å². The van der Waals surface area contributed by atoms with Crippen LogP contribution in [0.3, 0.4) is 0 Å². The molecule has 2 heterocycles. The number of hydrogen-bond acceptors (Lipinski definition) is 7. The molecule has 0 amide bonds. The van der Waals surface area contributed by atoms with Gasteiger partial charge in [0.25, 0.3) is 5.56 Å². The monoisotopic (exact) mass is 470 g/mol. The lowest BCUT2D eigenvalue weighted by Gasteiger charge is -2.12. The first-order chi connectivity index (χ1) is 15.5. The largest absolute Gasteiger partial charge is 0.493 e. The Kier molecular flexibility index (Phi) is 6.43. The maximum Gasteiger partial charge on any atom is 0.344 e. The Hall–Kier alpha value is -3.36. The summed E-state index contributed by atoms with van der Waals surface area (Å²) in [5, 5.41) is 0.652. The molecule has 0 aliphatic carbocycles.